The van der Waals surface area contributed by atoms with Crippen molar-refractivity contribution in [1.82, 2.24) is 25.3 Å². The van der Waals surface area contributed by atoms with E-state index in [1.54, 1.807) is 65.8 Å². The number of anilines is 3. The molecule has 4 aromatic carbocycles. The van der Waals surface area contributed by atoms with Gasteiger partial charge in [-0.05, 0) is 114 Å². The predicted octanol–water partition coefficient (Wildman–Crippen LogP) is 8.90. The Bertz CT molecular complexity index is 3040. The smallest absolute Gasteiger partial charge is 0.416 e. The van der Waals surface area contributed by atoms with Gasteiger partial charge >= 0.3 is 24.4 Å². The van der Waals surface area contributed by atoms with Gasteiger partial charge in [0.15, 0.2) is 17.7 Å². The number of carbonyl (C=O) groups is 7. The van der Waals surface area contributed by atoms with Gasteiger partial charge < -0.3 is 69.1 Å². The van der Waals surface area contributed by atoms with Crippen molar-refractivity contribution in [2.45, 2.75) is 115 Å². The molecule has 2 fully saturated rings. The molecule has 7 amide bonds. The second-order valence-corrected chi connectivity index (χ2v) is 22.6. The molecule has 0 bridgehead atoms. The quantitative estimate of drug-likeness (QED) is 0.0248. The number of alkyl halides is 1. The summed E-state index contributed by atoms with van der Waals surface area (Å²) in [6.45, 7) is 12.4. The average molecular weight is 1180 g/mol. The van der Waals surface area contributed by atoms with Crippen molar-refractivity contribution < 1.29 is 67.1 Å². The molecule has 22 nitrogen and oxygen atoms in total. The number of aliphatic hydroxyl groups is 1. The number of hydrogen-bond acceptors (Lipinski definition) is 15. The van der Waals surface area contributed by atoms with Gasteiger partial charge in [-0.25, -0.2) is 24.1 Å². The van der Waals surface area contributed by atoms with Gasteiger partial charge in [0, 0.05) is 87.2 Å². The summed E-state index contributed by atoms with van der Waals surface area (Å²) in [5.74, 6) is 0.0657. The molecular weight excluding hydrogens is 1100 g/mol. The Hall–Kier alpha value is -7.82. The highest BCUT2D eigenvalue weighted by molar-refractivity contribution is 6.19. The van der Waals surface area contributed by atoms with Crippen LogP contribution in [0.4, 0.5) is 36.2 Å². The summed E-state index contributed by atoms with van der Waals surface area (Å²) in [5.41, 5.74) is 2.11. The molecule has 4 aliphatic rings. The van der Waals surface area contributed by atoms with Gasteiger partial charge in [0.1, 0.15) is 30.6 Å². The molecule has 0 radical (unpaired) electrons. The minimum atomic E-state index is -1.47. The SMILES string of the molecule is C=CCOC(=O)N[C@@H](CCCCNC(=O)OC(C)(C)C)C(=O)Nc1ccc(COC(=O)N2c3cc(OCCCCCC(=O)N4C[C@@H](CCl)c5c4cc(OC(=O)N4CCN(C)CC4)c4ccccc54)c(OC)cc3C(=O)N3CCC[C@H]3[C@@H]2O)cc1. The molecule has 8 rings (SSSR count). The van der Waals surface area contributed by atoms with E-state index in [0.29, 0.717) is 106 Å². The summed E-state index contributed by atoms with van der Waals surface area (Å²) < 4.78 is 34.2. The number of ether oxygens (including phenoxy) is 6. The third kappa shape index (κ3) is 15.5. The molecule has 0 aliphatic carbocycles. The van der Waals surface area contributed by atoms with E-state index in [4.69, 9.17) is 40.0 Å². The Morgan fingerprint density at radius 2 is 1.58 bits per heavy atom. The first kappa shape index (κ1) is 62.2. The number of carbonyl (C=O) groups excluding carboxylic acids is 7. The van der Waals surface area contributed by atoms with Crippen LogP contribution in [0.2, 0.25) is 0 Å². The number of methoxy groups -OCH3 is 1. The minimum Gasteiger partial charge on any atom is -0.493 e. The van der Waals surface area contributed by atoms with Gasteiger partial charge in [-0.15, -0.1) is 11.6 Å². The van der Waals surface area contributed by atoms with Crippen molar-refractivity contribution in [3.05, 3.63) is 96.1 Å². The van der Waals surface area contributed by atoms with Crippen LogP contribution in [0.3, 0.4) is 0 Å². The first-order valence-electron chi connectivity index (χ1n) is 28.7. The first-order chi connectivity index (χ1) is 40.4. The normalized spacial score (nSPS) is 17.9. The van der Waals surface area contributed by atoms with Crippen molar-refractivity contribution in [1.29, 1.82) is 0 Å². The van der Waals surface area contributed by atoms with Gasteiger partial charge in [0.25, 0.3) is 5.91 Å². The van der Waals surface area contributed by atoms with Crippen LogP contribution in [-0.4, -0.2) is 165 Å². The van der Waals surface area contributed by atoms with E-state index < -0.39 is 54.2 Å². The number of likely N-dealkylation sites (N-methyl/N-ethyl adjacent to an activating group) is 1. The molecule has 0 saturated carbocycles. The molecule has 4 atom stereocenters. The Morgan fingerprint density at radius 3 is 2.30 bits per heavy atom. The van der Waals surface area contributed by atoms with Crippen LogP contribution < -0.4 is 40.0 Å². The lowest BCUT2D eigenvalue weighted by Crippen LogP contribution is -2.50. The second kappa shape index (κ2) is 28.6. The number of nitrogens with zero attached hydrogens (tertiary/aromatic N) is 5. The predicted molar refractivity (Wildman–Crippen MR) is 316 cm³/mol. The maximum absolute atomic E-state index is 14.2. The van der Waals surface area contributed by atoms with Crippen LogP contribution in [-0.2, 0) is 30.4 Å². The van der Waals surface area contributed by atoms with E-state index in [-0.39, 0.29) is 73.1 Å². The van der Waals surface area contributed by atoms with E-state index in [1.807, 2.05) is 31.3 Å². The topological polar surface area (TPSA) is 247 Å². The molecule has 23 heteroatoms. The Kier molecular flexibility index (Phi) is 21.2. The summed E-state index contributed by atoms with van der Waals surface area (Å²) in [4.78, 5) is 102. The number of amides is 7. The summed E-state index contributed by atoms with van der Waals surface area (Å²) in [5, 5.41) is 21.6. The lowest BCUT2D eigenvalue weighted by Gasteiger charge is -2.31. The zero-order valence-corrected chi connectivity index (χ0v) is 49.2. The van der Waals surface area contributed by atoms with E-state index in [1.165, 1.54) is 25.3 Å². The number of aliphatic hydroxyl groups excluding tert-OH is 1. The lowest BCUT2D eigenvalue weighted by atomic mass is 9.95. The number of piperazine rings is 1. The monoisotopic (exact) mass is 1180 g/mol. The van der Waals surface area contributed by atoms with Gasteiger partial charge in [0.2, 0.25) is 11.8 Å². The third-order valence-corrected chi connectivity index (χ3v) is 15.5. The van der Waals surface area contributed by atoms with Gasteiger partial charge in [-0.1, -0.05) is 49.1 Å². The van der Waals surface area contributed by atoms with Crippen molar-refractivity contribution in [2.75, 3.05) is 94.2 Å². The molecule has 84 heavy (non-hydrogen) atoms. The molecule has 0 aromatic heterocycles. The second-order valence-electron chi connectivity index (χ2n) is 22.3. The largest absolute Gasteiger partial charge is 0.493 e. The number of benzene rings is 4. The first-order valence-corrected chi connectivity index (χ1v) is 29.2. The standard InChI is InChI=1S/C61H77ClN8O14/c1-7-31-81-58(76)65-45(18-12-13-25-63-57(75)84-61(2,3)4)54(72)64-41-23-21-39(22-24-41)38-82-60(78)70-47-34-51(50(79-6)33-44(47)55(73)68-26-15-19-46(68)56(70)74)80-32-14-8-9-20-52(71)69-37-40(36-62)53-43-17-11-10-16-42(43)49(35-48(53)69)83-59(77)67-29-27-66(5)28-30-67/h7,10-11,16-17,21-24,33-35,40,45-46,56,74H,1,8-9,12-15,18-20,25-32,36-38H2,2-6H3,(H,63,75)(H,64,72)(H,65,76)/t40-,45+,46+,56+/m1/s1. The fraction of sp³-hybridized carbons (Fsp3) is 0.492. The van der Waals surface area contributed by atoms with Crippen LogP contribution >= 0.6 is 11.6 Å². The summed E-state index contributed by atoms with van der Waals surface area (Å²) in [6, 6.07) is 17.3. The van der Waals surface area contributed by atoms with Crippen LogP contribution in [0.15, 0.2) is 79.4 Å². The minimum absolute atomic E-state index is 0.0558. The maximum Gasteiger partial charge on any atom is 0.416 e. The van der Waals surface area contributed by atoms with Crippen LogP contribution in [0.5, 0.6) is 17.2 Å². The van der Waals surface area contributed by atoms with Crippen LogP contribution in [0.25, 0.3) is 10.8 Å². The fourth-order valence-corrected chi connectivity index (χ4v) is 11.0. The number of alkyl carbamates (subject to hydrolysis) is 2. The Labute approximate surface area is 494 Å². The molecule has 0 spiro atoms. The van der Waals surface area contributed by atoms with E-state index in [2.05, 4.69) is 27.4 Å². The highest BCUT2D eigenvalue weighted by Gasteiger charge is 2.45. The molecule has 2 saturated heterocycles. The summed E-state index contributed by atoms with van der Waals surface area (Å²) in [7, 11) is 3.46. The van der Waals surface area contributed by atoms with Crippen molar-refractivity contribution in [3.63, 3.8) is 0 Å². The molecule has 4 N–H and O–H groups in total. The molecule has 4 aliphatic heterocycles. The molecule has 0 unspecified atom stereocenters. The highest BCUT2D eigenvalue weighted by atomic mass is 35.5. The Balaban J connectivity index is 0.877. The number of halogens is 1. The van der Waals surface area contributed by atoms with Gasteiger partial charge in [-0.2, -0.15) is 0 Å². The molecule has 4 aromatic rings. The summed E-state index contributed by atoms with van der Waals surface area (Å²) in [6.07, 6.45) is 1.42. The number of rotatable bonds is 22. The lowest BCUT2D eigenvalue weighted by molar-refractivity contribution is -0.119. The molecule has 4 heterocycles. The highest BCUT2D eigenvalue weighted by Crippen LogP contribution is 2.46. The number of nitrogens with one attached hydrogen (secondary N) is 3. The third-order valence-electron chi connectivity index (χ3n) is 15.1. The van der Waals surface area contributed by atoms with E-state index in [0.717, 1.165) is 34.3 Å². The van der Waals surface area contributed by atoms with Crippen molar-refractivity contribution >= 4 is 81.5 Å². The maximum atomic E-state index is 14.2. The zero-order valence-electron chi connectivity index (χ0n) is 48.5. The number of hydrogen-bond donors (Lipinski definition) is 4. The molecule has 452 valence electrons. The summed E-state index contributed by atoms with van der Waals surface area (Å²) >= 11 is 6.55. The van der Waals surface area contributed by atoms with E-state index in [9.17, 15) is 38.7 Å². The Morgan fingerprint density at radius 1 is 0.845 bits per heavy atom. The van der Waals surface area contributed by atoms with Crippen molar-refractivity contribution in [2.24, 2.45) is 0 Å². The number of fused-ring (bicyclic) bond motifs is 5. The number of unbranched alkanes of at least 4 members (excludes halogenated alkanes) is 3. The fourth-order valence-electron chi connectivity index (χ4n) is 10.8. The molecular formula is C61H77ClN8O14. The van der Waals surface area contributed by atoms with Crippen LogP contribution in [0, 0.1) is 0 Å². The van der Waals surface area contributed by atoms with Gasteiger partial charge in [0.05, 0.1) is 36.7 Å². The van der Waals surface area contributed by atoms with Crippen molar-refractivity contribution in [3.8, 4) is 17.2 Å². The average Bonchev–Trinajstić information content (AvgIpc) is 3.38. The zero-order chi connectivity index (χ0) is 60.1. The van der Waals surface area contributed by atoms with Crippen LogP contribution in [0.1, 0.15) is 106 Å². The van der Waals surface area contributed by atoms with E-state index >= 15 is 0 Å². The van der Waals surface area contributed by atoms with Gasteiger partial charge in [-0.3, -0.25) is 14.4 Å².